The van der Waals surface area contributed by atoms with Crippen molar-refractivity contribution < 1.29 is 4.74 Å². The normalized spacial score (nSPS) is 10.3. The molecule has 0 aromatic heterocycles. The molecule has 0 spiro atoms. The van der Waals surface area contributed by atoms with Gasteiger partial charge in [-0.2, -0.15) is 0 Å². The summed E-state index contributed by atoms with van der Waals surface area (Å²) in [5, 5.41) is 0. The first-order valence-electron chi connectivity index (χ1n) is 4.03. The highest BCUT2D eigenvalue weighted by Gasteiger charge is 2.00. The summed E-state index contributed by atoms with van der Waals surface area (Å²) in [4.78, 5) is 0. The summed E-state index contributed by atoms with van der Waals surface area (Å²) in [5.41, 5.74) is 0. The fourth-order valence-electron chi connectivity index (χ4n) is 0.842. The van der Waals surface area contributed by atoms with Gasteiger partial charge in [-0.15, -0.1) is 6.58 Å². The van der Waals surface area contributed by atoms with Crippen molar-refractivity contribution in [3.63, 3.8) is 0 Å². The third-order valence-electron chi connectivity index (χ3n) is 1.74. The van der Waals surface area contributed by atoms with Gasteiger partial charge in [-0.1, -0.05) is 32.8 Å². The summed E-state index contributed by atoms with van der Waals surface area (Å²) in [6.45, 7) is 9.56. The van der Waals surface area contributed by atoms with Gasteiger partial charge in [0.25, 0.3) is 0 Å². The Morgan fingerprint density at radius 1 is 1.40 bits per heavy atom. The van der Waals surface area contributed by atoms with E-state index in [9.17, 15) is 0 Å². The molecule has 0 bridgehead atoms. The lowest BCUT2D eigenvalue weighted by Crippen LogP contribution is -2.07. The van der Waals surface area contributed by atoms with E-state index >= 15 is 0 Å². The molecule has 0 aliphatic heterocycles. The lowest BCUT2D eigenvalue weighted by molar-refractivity contribution is 0.119. The van der Waals surface area contributed by atoms with E-state index in [1.165, 1.54) is 12.8 Å². The standard InChI is InChI=1S/C9H18O/c1-4-7-10-8-9(5-2)6-3/h4,9H,1,5-8H2,2-3H3. The first-order chi connectivity index (χ1) is 4.85. The van der Waals surface area contributed by atoms with E-state index in [0.717, 1.165) is 12.5 Å². The predicted octanol–water partition coefficient (Wildman–Crippen LogP) is 2.63. The summed E-state index contributed by atoms with van der Waals surface area (Å²) in [6, 6.07) is 0. The van der Waals surface area contributed by atoms with Crippen LogP contribution in [0.3, 0.4) is 0 Å². The third-order valence-corrected chi connectivity index (χ3v) is 1.74. The molecule has 60 valence electrons. The lowest BCUT2D eigenvalue weighted by atomic mass is 10.1. The molecule has 0 saturated heterocycles. The Morgan fingerprint density at radius 3 is 2.40 bits per heavy atom. The van der Waals surface area contributed by atoms with Crippen LogP contribution in [-0.2, 0) is 4.74 Å². The summed E-state index contributed by atoms with van der Waals surface area (Å²) in [6.07, 6.45) is 4.23. The Kier molecular flexibility index (Phi) is 6.61. The molecule has 0 N–H and O–H groups in total. The average Bonchev–Trinajstić information content (AvgIpc) is 1.99. The highest BCUT2D eigenvalue weighted by Crippen LogP contribution is 2.06. The molecular formula is C9H18O. The quantitative estimate of drug-likeness (QED) is 0.409. The van der Waals surface area contributed by atoms with Crippen molar-refractivity contribution in [3.8, 4) is 0 Å². The molecule has 0 aliphatic carbocycles. The first kappa shape index (κ1) is 9.70. The zero-order chi connectivity index (χ0) is 7.82. The van der Waals surface area contributed by atoms with E-state index in [-0.39, 0.29) is 0 Å². The molecule has 0 unspecified atom stereocenters. The first-order valence-corrected chi connectivity index (χ1v) is 4.03. The van der Waals surface area contributed by atoms with Crippen molar-refractivity contribution in [3.05, 3.63) is 12.7 Å². The molecule has 0 fully saturated rings. The molecule has 0 heterocycles. The van der Waals surface area contributed by atoms with Gasteiger partial charge in [0.05, 0.1) is 6.61 Å². The van der Waals surface area contributed by atoms with Crippen molar-refractivity contribution in [2.45, 2.75) is 26.7 Å². The summed E-state index contributed by atoms with van der Waals surface area (Å²) < 4.78 is 5.31. The number of hydrogen-bond acceptors (Lipinski definition) is 1. The number of ether oxygens (including phenoxy) is 1. The maximum Gasteiger partial charge on any atom is 0.0644 e. The number of rotatable bonds is 6. The highest BCUT2D eigenvalue weighted by atomic mass is 16.5. The minimum absolute atomic E-state index is 0.691. The van der Waals surface area contributed by atoms with Crippen LogP contribution in [0.2, 0.25) is 0 Å². The van der Waals surface area contributed by atoms with E-state index in [4.69, 9.17) is 4.74 Å². The molecule has 0 atom stereocenters. The van der Waals surface area contributed by atoms with Crippen LogP contribution in [0.4, 0.5) is 0 Å². The smallest absolute Gasteiger partial charge is 0.0644 e. The molecule has 0 rings (SSSR count). The molecule has 10 heavy (non-hydrogen) atoms. The van der Waals surface area contributed by atoms with Gasteiger partial charge in [0.1, 0.15) is 0 Å². The van der Waals surface area contributed by atoms with Crippen molar-refractivity contribution in [1.29, 1.82) is 0 Å². The van der Waals surface area contributed by atoms with Gasteiger partial charge < -0.3 is 4.74 Å². The van der Waals surface area contributed by atoms with Crippen LogP contribution in [-0.4, -0.2) is 13.2 Å². The molecule has 1 heteroatoms. The molecule has 0 aromatic carbocycles. The second-order valence-electron chi connectivity index (χ2n) is 2.51. The lowest BCUT2D eigenvalue weighted by Gasteiger charge is -2.10. The molecule has 1 nitrogen and oxygen atoms in total. The van der Waals surface area contributed by atoms with Crippen molar-refractivity contribution in [1.82, 2.24) is 0 Å². The predicted molar refractivity (Wildman–Crippen MR) is 45.1 cm³/mol. The van der Waals surface area contributed by atoms with Gasteiger partial charge in [-0.3, -0.25) is 0 Å². The molecule has 0 aromatic rings. The molecule has 0 amide bonds. The molecule has 0 radical (unpaired) electrons. The zero-order valence-electron chi connectivity index (χ0n) is 7.10. The van der Waals surface area contributed by atoms with Crippen molar-refractivity contribution in [2.75, 3.05) is 13.2 Å². The summed E-state index contributed by atoms with van der Waals surface area (Å²) in [7, 11) is 0. The van der Waals surface area contributed by atoms with Gasteiger partial charge in [-0.25, -0.2) is 0 Å². The SMILES string of the molecule is C=CCOCC(CC)CC. The molecular weight excluding hydrogens is 124 g/mol. The van der Waals surface area contributed by atoms with Gasteiger partial charge >= 0.3 is 0 Å². The largest absolute Gasteiger partial charge is 0.377 e. The highest BCUT2D eigenvalue weighted by molar-refractivity contribution is 4.64. The van der Waals surface area contributed by atoms with E-state index in [0.29, 0.717) is 6.61 Å². The second-order valence-corrected chi connectivity index (χ2v) is 2.51. The van der Waals surface area contributed by atoms with Gasteiger partial charge in [-0.05, 0) is 5.92 Å². The van der Waals surface area contributed by atoms with Crippen LogP contribution in [0.25, 0.3) is 0 Å². The Bertz CT molecular complexity index is 74.8. The van der Waals surface area contributed by atoms with Crippen LogP contribution in [0, 0.1) is 5.92 Å². The van der Waals surface area contributed by atoms with Gasteiger partial charge in [0.2, 0.25) is 0 Å². The van der Waals surface area contributed by atoms with Crippen LogP contribution in [0.5, 0.6) is 0 Å². The molecule has 0 saturated carbocycles. The Hall–Kier alpha value is -0.300. The number of hydrogen-bond donors (Lipinski definition) is 0. The van der Waals surface area contributed by atoms with E-state index < -0.39 is 0 Å². The van der Waals surface area contributed by atoms with E-state index in [1.807, 2.05) is 0 Å². The topological polar surface area (TPSA) is 9.23 Å². The van der Waals surface area contributed by atoms with Crippen LogP contribution >= 0.6 is 0 Å². The van der Waals surface area contributed by atoms with E-state index in [1.54, 1.807) is 6.08 Å². The van der Waals surface area contributed by atoms with Crippen molar-refractivity contribution >= 4 is 0 Å². The van der Waals surface area contributed by atoms with Crippen molar-refractivity contribution in [2.24, 2.45) is 5.92 Å². The zero-order valence-corrected chi connectivity index (χ0v) is 7.10. The van der Waals surface area contributed by atoms with Gasteiger partial charge in [0, 0.05) is 6.61 Å². The van der Waals surface area contributed by atoms with Crippen LogP contribution in [0.1, 0.15) is 26.7 Å². The minimum atomic E-state index is 0.691. The fourth-order valence-corrected chi connectivity index (χ4v) is 0.842. The minimum Gasteiger partial charge on any atom is -0.377 e. The third kappa shape index (κ3) is 4.57. The molecule has 0 aliphatic rings. The maximum atomic E-state index is 5.31. The Balaban J connectivity index is 3.16. The summed E-state index contributed by atoms with van der Waals surface area (Å²) in [5.74, 6) is 0.736. The van der Waals surface area contributed by atoms with Crippen LogP contribution < -0.4 is 0 Å². The average molecular weight is 142 g/mol. The summed E-state index contributed by atoms with van der Waals surface area (Å²) >= 11 is 0. The van der Waals surface area contributed by atoms with E-state index in [2.05, 4.69) is 20.4 Å². The Labute approximate surface area is 64.1 Å². The maximum absolute atomic E-state index is 5.31. The monoisotopic (exact) mass is 142 g/mol. The Morgan fingerprint density at radius 2 is 2.00 bits per heavy atom. The van der Waals surface area contributed by atoms with Gasteiger partial charge in [0.15, 0.2) is 0 Å². The second kappa shape index (κ2) is 6.81. The van der Waals surface area contributed by atoms with Crippen LogP contribution in [0.15, 0.2) is 12.7 Å². The fraction of sp³-hybridized carbons (Fsp3) is 0.778.